The van der Waals surface area contributed by atoms with E-state index in [1.165, 1.54) is 12.1 Å². The summed E-state index contributed by atoms with van der Waals surface area (Å²) in [4.78, 5) is 19.3. The Morgan fingerprint density at radius 1 is 1.15 bits per heavy atom. The third kappa shape index (κ3) is 2.74. The molecule has 1 atom stereocenters. The fourth-order valence-electron chi connectivity index (χ4n) is 4.24. The van der Waals surface area contributed by atoms with Crippen LogP contribution in [0.1, 0.15) is 49.8 Å². The summed E-state index contributed by atoms with van der Waals surface area (Å²) in [6.07, 6.45) is -3.64. The first-order valence-corrected chi connectivity index (χ1v) is 8.83. The van der Waals surface area contributed by atoms with Crippen molar-refractivity contribution in [1.82, 2.24) is 0 Å². The summed E-state index contributed by atoms with van der Waals surface area (Å²) >= 11 is 0. The predicted octanol–water partition coefficient (Wildman–Crippen LogP) is 5.46. The maximum Gasteiger partial charge on any atom is 0.416 e. The molecule has 3 nitrogen and oxygen atoms in total. The van der Waals surface area contributed by atoms with Crippen molar-refractivity contribution in [2.45, 2.75) is 44.8 Å². The molecular formula is C21H19F3N2O. The largest absolute Gasteiger partial charge is 0.416 e. The molecule has 27 heavy (non-hydrogen) atoms. The molecular weight excluding hydrogens is 353 g/mol. The highest BCUT2D eigenvalue weighted by atomic mass is 19.4. The van der Waals surface area contributed by atoms with Crippen molar-refractivity contribution in [3.8, 4) is 0 Å². The number of alkyl halides is 3. The van der Waals surface area contributed by atoms with Crippen LogP contribution < -0.4 is 4.90 Å². The Balaban J connectivity index is 1.88. The van der Waals surface area contributed by atoms with Crippen molar-refractivity contribution in [1.29, 1.82) is 0 Å². The number of carbonyl (C=O) groups excluding carboxylic acids is 1. The summed E-state index contributed by atoms with van der Waals surface area (Å²) in [5.74, 6) is 0.0265. The molecule has 0 radical (unpaired) electrons. The van der Waals surface area contributed by atoms with E-state index in [2.05, 4.69) is 11.9 Å². The van der Waals surface area contributed by atoms with E-state index in [0.29, 0.717) is 5.56 Å². The first kappa shape index (κ1) is 17.8. The van der Waals surface area contributed by atoms with Gasteiger partial charge >= 0.3 is 6.18 Å². The van der Waals surface area contributed by atoms with Gasteiger partial charge in [0.25, 0.3) is 5.91 Å². The number of halogens is 3. The maximum atomic E-state index is 13.2. The molecule has 4 rings (SSSR count). The average Bonchev–Trinajstić information content (AvgIpc) is 2.86. The molecule has 2 aliphatic heterocycles. The Bertz CT molecular complexity index is 976. The van der Waals surface area contributed by atoms with Crippen molar-refractivity contribution in [2.75, 3.05) is 4.90 Å². The number of anilines is 1. The van der Waals surface area contributed by atoms with Gasteiger partial charge in [0.1, 0.15) is 5.71 Å². The van der Waals surface area contributed by atoms with Crippen LogP contribution in [-0.4, -0.2) is 17.2 Å². The van der Waals surface area contributed by atoms with Crippen LogP contribution >= 0.6 is 0 Å². The second-order valence-corrected chi connectivity index (χ2v) is 7.81. The fraction of sp³-hybridized carbons (Fsp3) is 0.333. The van der Waals surface area contributed by atoms with Crippen LogP contribution in [0.25, 0.3) is 0 Å². The number of aliphatic imine (C=N–C) groups is 1. The van der Waals surface area contributed by atoms with Gasteiger partial charge in [0.2, 0.25) is 0 Å². The van der Waals surface area contributed by atoms with Gasteiger partial charge in [-0.25, -0.2) is 4.99 Å². The molecule has 1 amide bonds. The zero-order chi connectivity index (χ0) is 19.6. The lowest BCUT2D eigenvalue weighted by atomic mass is 9.80. The SMILES string of the molecule is C[C@@H]1CC(C)(C)N2C(=O)C(=Nc3cccc(C(F)(F)F)c3)c3cccc1c32. The molecule has 0 unspecified atom stereocenters. The van der Waals surface area contributed by atoms with E-state index in [4.69, 9.17) is 0 Å². The lowest BCUT2D eigenvalue weighted by molar-refractivity contribution is -0.137. The smallest absolute Gasteiger partial charge is 0.300 e. The Morgan fingerprint density at radius 2 is 1.85 bits per heavy atom. The molecule has 0 saturated carbocycles. The molecule has 0 N–H and O–H groups in total. The molecule has 2 heterocycles. The van der Waals surface area contributed by atoms with Gasteiger partial charge in [-0.1, -0.05) is 31.2 Å². The minimum atomic E-state index is -4.45. The Labute approximate surface area is 155 Å². The fourth-order valence-corrected chi connectivity index (χ4v) is 4.24. The molecule has 6 heteroatoms. The second-order valence-electron chi connectivity index (χ2n) is 7.81. The molecule has 2 aliphatic rings. The van der Waals surface area contributed by atoms with Gasteiger partial charge in [-0.15, -0.1) is 0 Å². The average molecular weight is 372 g/mol. The van der Waals surface area contributed by atoms with E-state index in [1.807, 2.05) is 32.0 Å². The molecule has 0 aliphatic carbocycles. The number of nitrogens with zero attached hydrogens (tertiary/aromatic N) is 2. The Hall–Kier alpha value is -2.63. The highest BCUT2D eigenvalue weighted by molar-refractivity contribution is 6.55. The summed E-state index contributed by atoms with van der Waals surface area (Å²) in [6, 6.07) is 10.5. The normalized spacial score (nSPS) is 22.3. The summed E-state index contributed by atoms with van der Waals surface area (Å²) in [5.41, 5.74) is 1.77. The minimum absolute atomic E-state index is 0.122. The lowest BCUT2D eigenvalue weighted by Crippen LogP contribution is -2.50. The number of hydrogen-bond acceptors (Lipinski definition) is 2. The van der Waals surface area contributed by atoms with E-state index in [0.717, 1.165) is 29.8 Å². The zero-order valence-corrected chi connectivity index (χ0v) is 15.3. The Kier molecular flexibility index (Phi) is 3.74. The second kappa shape index (κ2) is 5.68. The maximum absolute atomic E-state index is 13.2. The molecule has 2 aromatic carbocycles. The summed E-state index contributed by atoms with van der Waals surface area (Å²) in [7, 11) is 0. The van der Waals surface area contributed by atoms with Gasteiger partial charge in [0, 0.05) is 11.1 Å². The van der Waals surface area contributed by atoms with Crippen LogP contribution in [0.5, 0.6) is 0 Å². The summed E-state index contributed by atoms with van der Waals surface area (Å²) in [6.45, 7) is 6.14. The minimum Gasteiger partial charge on any atom is -0.300 e. The predicted molar refractivity (Wildman–Crippen MR) is 98.7 cm³/mol. The summed E-state index contributed by atoms with van der Waals surface area (Å²) in [5, 5.41) is 0. The van der Waals surface area contributed by atoms with Crippen molar-refractivity contribution in [2.24, 2.45) is 4.99 Å². The van der Waals surface area contributed by atoms with Crippen molar-refractivity contribution >= 4 is 23.0 Å². The molecule has 0 fully saturated rings. The quantitative estimate of drug-likeness (QED) is 0.654. The van der Waals surface area contributed by atoms with Crippen molar-refractivity contribution in [3.05, 3.63) is 59.2 Å². The third-order valence-electron chi connectivity index (χ3n) is 5.31. The lowest BCUT2D eigenvalue weighted by Gasteiger charge is -2.43. The molecule has 2 aromatic rings. The van der Waals surface area contributed by atoms with E-state index >= 15 is 0 Å². The van der Waals surface area contributed by atoms with Gasteiger partial charge in [0.15, 0.2) is 0 Å². The third-order valence-corrected chi connectivity index (χ3v) is 5.31. The standard InChI is InChI=1S/C21H19F3N2O/c1-12-11-20(2,3)26-18-15(12)8-5-9-16(18)17(19(26)27)25-14-7-4-6-13(10-14)21(22,23)24/h4-10,12H,11H2,1-3H3/t12-/m1/s1. The number of benzene rings is 2. The van der Waals surface area contributed by atoms with Crippen LogP contribution in [0.2, 0.25) is 0 Å². The van der Waals surface area contributed by atoms with Crippen molar-refractivity contribution < 1.29 is 18.0 Å². The first-order valence-electron chi connectivity index (χ1n) is 8.83. The van der Waals surface area contributed by atoms with Crippen molar-refractivity contribution in [3.63, 3.8) is 0 Å². The van der Waals surface area contributed by atoms with E-state index in [1.54, 1.807) is 4.90 Å². The summed E-state index contributed by atoms with van der Waals surface area (Å²) < 4.78 is 39.0. The van der Waals surface area contributed by atoms with E-state index < -0.39 is 11.7 Å². The zero-order valence-electron chi connectivity index (χ0n) is 15.3. The van der Waals surface area contributed by atoms with Crippen LogP contribution in [0.4, 0.5) is 24.5 Å². The van der Waals surface area contributed by atoms with Gasteiger partial charge in [-0.3, -0.25) is 4.79 Å². The Morgan fingerprint density at radius 3 is 2.56 bits per heavy atom. The number of carbonyl (C=O) groups is 1. The number of amides is 1. The topological polar surface area (TPSA) is 32.7 Å². The van der Waals surface area contributed by atoms with Crippen LogP contribution in [0.3, 0.4) is 0 Å². The first-order chi connectivity index (χ1) is 12.6. The van der Waals surface area contributed by atoms with Crippen LogP contribution in [0, 0.1) is 0 Å². The van der Waals surface area contributed by atoms with Gasteiger partial charge in [-0.2, -0.15) is 13.2 Å². The van der Waals surface area contributed by atoms with Gasteiger partial charge in [0.05, 0.1) is 16.9 Å². The highest BCUT2D eigenvalue weighted by Gasteiger charge is 2.47. The van der Waals surface area contributed by atoms with Crippen LogP contribution in [0.15, 0.2) is 47.5 Å². The highest BCUT2D eigenvalue weighted by Crippen LogP contribution is 2.48. The molecule has 140 valence electrons. The van der Waals surface area contributed by atoms with Crippen LogP contribution in [-0.2, 0) is 11.0 Å². The molecule has 0 saturated heterocycles. The molecule has 0 aromatic heterocycles. The number of hydrogen-bond donors (Lipinski definition) is 0. The van der Waals surface area contributed by atoms with E-state index in [9.17, 15) is 18.0 Å². The van der Waals surface area contributed by atoms with Gasteiger partial charge in [-0.05, 0) is 49.9 Å². The number of rotatable bonds is 1. The monoisotopic (exact) mass is 372 g/mol. The molecule has 0 bridgehead atoms. The van der Waals surface area contributed by atoms with Gasteiger partial charge < -0.3 is 4.90 Å². The van der Waals surface area contributed by atoms with E-state index in [-0.39, 0.29) is 28.8 Å². The molecule has 0 spiro atoms. The number of para-hydroxylation sites is 1.